The van der Waals surface area contributed by atoms with E-state index < -0.39 is 60.6 Å². The number of carbonyl (C=O) groups is 4. The number of H-pyrrole nitrogens is 2. The number of hydrogen-bond donors (Lipinski definition) is 6. The Labute approximate surface area is 400 Å². The van der Waals surface area contributed by atoms with Gasteiger partial charge in [0.2, 0.25) is 11.6 Å². The van der Waals surface area contributed by atoms with Crippen LogP contribution in [-0.2, 0) is 22.4 Å². The van der Waals surface area contributed by atoms with Gasteiger partial charge in [-0.25, -0.2) is 9.97 Å². The van der Waals surface area contributed by atoms with Gasteiger partial charge in [-0.2, -0.15) is 0 Å². The summed E-state index contributed by atoms with van der Waals surface area (Å²) in [6.45, 7) is -3.39. The zero-order chi connectivity index (χ0) is 53.6. The van der Waals surface area contributed by atoms with E-state index in [0.717, 1.165) is 25.0 Å². The van der Waals surface area contributed by atoms with Gasteiger partial charge in [0.05, 0.1) is 11.4 Å². The third kappa shape index (κ3) is 12.5. The van der Waals surface area contributed by atoms with Gasteiger partial charge in [-0.05, 0) is 75.1 Å². The first kappa shape index (κ1) is 40.0. The molecule has 0 saturated carbocycles. The Morgan fingerprint density at radius 3 is 1.47 bits per heavy atom. The number of rotatable bonds is 8. The molecule has 4 heterocycles. The molecule has 0 aliphatic carbocycles. The minimum absolute atomic E-state index is 0.0954. The number of likely N-dealkylation sites (N-methyl/N-ethyl adjacent to an activating group) is 2. The van der Waals surface area contributed by atoms with Crippen LogP contribution >= 0.6 is 0 Å². The van der Waals surface area contributed by atoms with E-state index in [1.165, 1.54) is 23.9 Å². The maximum Gasteiger partial charge on any atom is 0.291 e. The number of carbonyl (C=O) groups excluding carboxylic acids is 4. The van der Waals surface area contributed by atoms with E-state index in [0.29, 0.717) is 58.5 Å². The second kappa shape index (κ2) is 20.5. The molecule has 68 heavy (non-hydrogen) atoms. The second-order valence-corrected chi connectivity index (χ2v) is 16.0. The van der Waals surface area contributed by atoms with Gasteiger partial charge in [0, 0.05) is 46.3 Å². The van der Waals surface area contributed by atoms with Crippen molar-refractivity contribution in [3.05, 3.63) is 143 Å². The third-order valence-electron chi connectivity index (χ3n) is 10.1. The van der Waals surface area contributed by atoms with Crippen molar-refractivity contribution in [1.29, 1.82) is 0 Å². The van der Waals surface area contributed by atoms with Crippen molar-refractivity contribution in [3.8, 4) is 35.2 Å². The van der Waals surface area contributed by atoms with Crippen LogP contribution in [0.3, 0.4) is 0 Å². The van der Waals surface area contributed by atoms with Gasteiger partial charge in [0.1, 0.15) is 59.6 Å². The molecule has 0 bridgehead atoms. The lowest BCUT2D eigenvalue weighted by molar-refractivity contribution is -0.121. The number of aromatic amines is 2. The summed E-state index contributed by atoms with van der Waals surface area (Å²) in [6.07, 6.45) is 0.940. The predicted molar refractivity (Wildman–Crippen MR) is 251 cm³/mol. The molecule has 6 N–H and O–H groups in total. The third-order valence-corrected chi connectivity index (χ3v) is 10.1. The first-order valence-electron chi connectivity index (χ1n) is 24.0. The summed E-state index contributed by atoms with van der Waals surface area (Å²) in [5, 5.41) is 38.9. The lowest BCUT2D eigenvalue weighted by Gasteiger charge is -2.20. The summed E-state index contributed by atoms with van der Waals surface area (Å²) in [7, 11) is 3.05. The molecular weight excluding hydrogens is 869 g/mol. The molecule has 0 spiro atoms. The molecule has 2 aliphatic rings. The number of amides is 4. The number of nitrogens with zero attached hydrogens (tertiary/aromatic N) is 6. The van der Waals surface area contributed by atoms with E-state index in [-0.39, 0.29) is 24.9 Å². The van der Waals surface area contributed by atoms with E-state index >= 15 is 0 Å². The van der Waals surface area contributed by atoms with Crippen molar-refractivity contribution in [3.63, 3.8) is 0 Å². The van der Waals surface area contributed by atoms with Crippen molar-refractivity contribution in [1.82, 2.24) is 41.0 Å². The molecule has 2 aromatic heterocycles. The predicted octanol–water partition coefficient (Wildman–Crippen LogP) is 3.34. The van der Waals surface area contributed by atoms with Crippen LogP contribution in [0.15, 0.2) is 97.1 Å². The number of benzene rings is 4. The lowest BCUT2D eigenvalue weighted by atomic mass is 10.1. The molecule has 2 aliphatic heterocycles. The van der Waals surface area contributed by atoms with Crippen LogP contribution in [0, 0.1) is 23.7 Å². The number of ether oxygens (including phenoxy) is 2. The van der Waals surface area contributed by atoms with E-state index in [1.807, 2.05) is 60.7 Å². The molecule has 4 atom stereocenters. The Kier molecular flexibility index (Phi) is 12.0. The largest absolute Gasteiger partial charge is 0.489 e. The number of nitrogens with one attached hydrogen (secondary N) is 4. The van der Waals surface area contributed by atoms with Crippen LogP contribution in [0.1, 0.15) is 90.9 Å². The number of fused-ring (bicyclic) bond motifs is 2. The van der Waals surface area contributed by atoms with Crippen LogP contribution < -0.4 is 29.9 Å². The summed E-state index contributed by atoms with van der Waals surface area (Å²) in [5.74, 6) is 9.45. The summed E-state index contributed by atoms with van der Waals surface area (Å²) < 4.78 is 55.9. The molecule has 348 valence electrons. The zero-order valence-corrected chi connectivity index (χ0v) is 37.2. The summed E-state index contributed by atoms with van der Waals surface area (Å²) in [6, 6.07) is 26.6. The summed E-state index contributed by atoms with van der Waals surface area (Å²) >= 11 is 0. The highest BCUT2D eigenvalue weighted by atomic mass is 16.5. The highest BCUT2D eigenvalue weighted by molar-refractivity contribution is 6.03. The molecule has 3 unspecified atom stereocenters. The fourth-order valence-electron chi connectivity index (χ4n) is 6.72. The van der Waals surface area contributed by atoms with E-state index in [2.05, 4.69) is 64.7 Å². The first-order valence-corrected chi connectivity index (χ1v) is 21.0. The minimum atomic E-state index is -2.68. The van der Waals surface area contributed by atoms with Gasteiger partial charge in [0.15, 0.2) is 0 Å². The molecule has 8 rings (SSSR count). The number of anilines is 2. The van der Waals surface area contributed by atoms with E-state index in [4.69, 9.17) is 17.7 Å². The van der Waals surface area contributed by atoms with Gasteiger partial charge >= 0.3 is 0 Å². The van der Waals surface area contributed by atoms with Gasteiger partial charge < -0.3 is 40.1 Å². The van der Waals surface area contributed by atoms with Crippen LogP contribution in [0.5, 0.6) is 11.5 Å². The zero-order valence-electron chi connectivity index (χ0n) is 43.2. The molecule has 0 fully saturated rings. The quantitative estimate of drug-likeness (QED) is 0.121. The molecule has 4 amide bonds. The Hall–Kier alpha value is -8.32. The van der Waals surface area contributed by atoms with Crippen molar-refractivity contribution in [2.75, 3.05) is 37.1 Å². The molecule has 6 aromatic rings. The Bertz CT molecular complexity index is 2960. The Morgan fingerprint density at radius 2 is 1.09 bits per heavy atom. The lowest BCUT2D eigenvalue weighted by Crippen LogP contribution is -2.49. The maximum atomic E-state index is 13.1. The van der Waals surface area contributed by atoms with Crippen molar-refractivity contribution >= 4 is 35.0 Å². The standard InChI is InChI=1S/2C25H25N5O4/c2*1-25(2,33)12-11-17-9-10-20-19(13-17)30(3)24(32)18(15-34-20)26-23(31)22-27-21(28-29-22)14-16-7-5-4-6-8-16/h2*4-10,13,18,33H,14-15H2,1-3H3,(H,26,31)(H,27,28,29)/t18-;/m1./s1/i2*1D3/t18-,25?;. The smallest absolute Gasteiger partial charge is 0.291 e. The van der Waals surface area contributed by atoms with Gasteiger partial charge in [0.25, 0.3) is 23.6 Å². The van der Waals surface area contributed by atoms with Crippen LogP contribution in [-0.4, -0.2) is 115 Å². The van der Waals surface area contributed by atoms with Crippen molar-refractivity contribution in [2.45, 2.75) is 63.7 Å². The monoisotopic (exact) mass is 924 g/mol. The van der Waals surface area contributed by atoms with Crippen molar-refractivity contribution in [2.24, 2.45) is 0 Å². The average molecular weight is 925 g/mol. The number of aromatic nitrogens is 6. The maximum absolute atomic E-state index is 13.1. The van der Waals surface area contributed by atoms with Crippen molar-refractivity contribution < 1.29 is 47.1 Å². The van der Waals surface area contributed by atoms with E-state index in [9.17, 15) is 29.4 Å². The number of aliphatic hydroxyl groups is 2. The normalized spacial score (nSPS) is 18.6. The second-order valence-electron chi connectivity index (χ2n) is 16.0. The Balaban J connectivity index is 0.000000216. The highest BCUT2D eigenvalue weighted by Gasteiger charge is 2.33. The molecule has 18 nitrogen and oxygen atoms in total. The average Bonchev–Trinajstić information content (AvgIpc) is 4.00. The van der Waals surface area contributed by atoms with Gasteiger partial charge in [-0.3, -0.25) is 29.4 Å². The molecular formula is C50H50N10O8. The summed E-state index contributed by atoms with van der Waals surface area (Å²) in [4.78, 5) is 62.8. The molecule has 0 radical (unpaired) electrons. The van der Waals surface area contributed by atoms with E-state index in [1.54, 1.807) is 36.4 Å². The molecule has 4 aromatic carbocycles. The first-order chi connectivity index (χ1) is 34.9. The van der Waals surface area contributed by atoms with Crippen LogP contribution in [0.4, 0.5) is 11.4 Å². The minimum Gasteiger partial charge on any atom is -0.489 e. The molecule has 18 heteroatoms. The highest BCUT2D eigenvalue weighted by Crippen LogP contribution is 2.33. The number of hydrogen-bond acceptors (Lipinski definition) is 12. The van der Waals surface area contributed by atoms with Crippen LogP contribution in [0.25, 0.3) is 0 Å². The van der Waals surface area contributed by atoms with Gasteiger partial charge in [-0.15, -0.1) is 10.2 Å². The summed E-state index contributed by atoms with van der Waals surface area (Å²) in [5.41, 5.74) is -0.882. The van der Waals surface area contributed by atoms with Crippen LogP contribution in [0.2, 0.25) is 0 Å². The SMILES string of the molecule is [2H]C([2H])([2H])C(C)(O)C#Cc1ccc2c(c1)N(C)C(=O)C(NC(=O)c1n[nH]c(Cc3ccccc3)n1)CO2.[2H]C([2H])([2H])C(C)(O)C#Cc1ccc2c(c1)N(C)C(=O)[C@H](NC(=O)c1n[nH]c(Cc3ccccc3)n1)CO2. The topological polar surface area (TPSA) is 241 Å². The molecule has 0 saturated heterocycles. The Morgan fingerprint density at radius 1 is 0.691 bits per heavy atom. The fourth-order valence-corrected chi connectivity index (χ4v) is 6.72. The van der Waals surface area contributed by atoms with Gasteiger partial charge in [-0.1, -0.05) is 84.3 Å². The fraction of sp³-hybridized carbons (Fsp3) is 0.280.